The molecule has 124 valence electrons. The summed E-state index contributed by atoms with van der Waals surface area (Å²) in [4.78, 5) is 16.5. The number of benzene rings is 1. The van der Waals surface area contributed by atoms with Crippen LogP contribution in [-0.2, 0) is 17.8 Å². The number of rotatable bonds is 6. The summed E-state index contributed by atoms with van der Waals surface area (Å²) in [5.74, 6) is 0.0698. The van der Waals surface area contributed by atoms with Gasteiger partial charge in [0, 0.05) is 23.3 Å². The van der Waals surface area contributed by atoms with Crippen LogP contribution in [0.2, 0.25) is 0 Å². The lowest BCUT2D eigenvalue weighted by Crippen LogP contribution is -2.22. The van der Waals surface area contributed by atoms with Gasteiger partial charge in [0.25, 0.3) is 0 Å². The average Bonchev–Trinajstić information content (AvgIpc) is 2.97. The fourth-order valence-electron chi connectivity index (χ4n) is 2.59. The average molecular weight is 386 g/mol. The quantitative estimate of drug-likeness (QED) is 0.695. The monoisotopic (exact) mass is 385 g/mol. The van der Waals surface area contributed by atoms with E-state index in [-0.39, 0.29) is 5.91 Å². The molecule has 2 heterocycles. The minimum Gasteiger partial charge on any atom is -0.350 e. The van der Waals surface area contributed by atoms with Crippen molar-refractivity contribution in [2.24, 2.45) is 0 Å². The molecule has 0 spiro atoms. The molecule has 4 nitrogen and oxygen atoms in total. The first-order valence-electron chi connectivity index (χ1n) is 8.05. The highest BCUT2D eigenvalue weighted by atomic mass is 79.9. The van der Waals surface area contributed by atoms with E-state index in [4.69, 9.17) is 0 Å². The number of carbonyl (C=O) groups is 1. The maximum absolute atomic E-state index is 12.0. The number of nitrogens with zero attached hydrogens (tertiary/aromatic N) is 2. The summed E-state index contributed by atoms with van der Waals surface area (Å²) in [5, 5.41) is 2.94. The van der Waals surface area contributed by atoms with Crippen LogP contribution in [0.5, 0.6) is 0 Å². The van der Waals surface area contributed by atoms with Crippen molar-refractivity contribution in [3.05, 3.63) is 70.1 Å². The van der Waals surface area contributed by atoms with Gasteiger partial charge in [-0.15, -0.1) is 0 Å². The molecule has 1 amide bonds. The SMILES string of the molecule is Cc1ccc(CCCC(=O)NCc2cn3cc(Br)ccc3n2)cc1. The van der Waals surface area contributed by atoms with Crippen molar-refractivity contribution in [2.75, 3.05) is 0 Å². The number of nitrogens with one attached hydrogen (secondary N) is 1. The minimum atomic E-state index is 0.0698. The molecule has 1 N–H and O–H groups in total. The van der Waals surface area contributed by atoms with Crippen LogP contribution in [0.3, 0.4) is 0 Å². The number of aryl methyl sites for hydroxylation is 2. The molecule has 3 rings (SSSR count). The number of hydrogen-bond acceptors (Lipinski definition) is 2. The molecule has 0 atom stereocenters. The van der Waals surface area contributed by atoms with Crippen LogP contribution in [0.15, 0.2) is 53.3 Å². The summed E-state index contributed by atoms with van der Waals surface area (Å²) >= 11 is 3.44. The number of carbonyl (C=O) groups excluding carboxylic acids is 1. The summed E-state index contributed by atoms with van der Waals surface area (Å²) in [5.41, 5.74) is 4.28. The third-order valence-corrected chi connectivity index (χ3v) is 4.39. The maximum Gasteiger partial charge on any atom is 0.220 e. The topological polar surface area (TPSA) is 46.4 Å². The van der Waals surface area contributed by atoms with E-state index in [9.17, 15) is 4.79 Å². The van der Waals surface area contributed by atoms with Gasteiger partial charge in [0.05, 0.1) is 12.2 Å². The number of pyridine rings is 1. The zero-order chi connectivity index (χ0) is 16.9. The Kier molecular flexibility index (Phi) is 5.30. The van der Waals surface area contributed by atoms with Crippen molar-refractivity contribution in [1.82, 2.24) is 14.7 Å². The van der Waals surface area contributed by atoms with Gasteiger partial charge in [0.2, 0.25) is 5.91 Å². The van der Waals surface area contributed by atoms with Gasteiger partial charge >= 0.3 is 0 Å². The first kappa shape index (κ1) is 16.7. The van der Waals surface area contributed by atoms with Crippen molar-refractivity contribution in [3.63, 3.8) is 0 Å². The number of amides is 1. The van der Waals surface area contributed by atoms with Crippen LogP contribution in [0, 0.1) is 6.92 Å². The predicted molar refractivity (Wildman–Crippen MR) is 98.9 cm³/mol. The van der Waals surface area contributed by atoms with Crippen LogP contribution in [0.4, 0.5) is 0 Å². The van der Waals surface area contributed by atoms with Gasteiger partial charge < -0.3 is 9.72 Å². The second kappa shape index (κ2) is 7.62. The van der Waals surface area contributed by atoms with E-state index < -0.39 is 0 Å². The Bertz CT molecular complexity index is 839. The Labute approximate surface area is 150 Å². The van der Waals surface area contributed by atoms with Crippen LogP contribution in [0.1, 0.15) is 29.7 Å². The Morgan fingerprint density at radius 2 is 1.96 bits per heavy atom. The molecular formula is C19H20BrN3O. The molecule has 5 heteroatoms. The highest BCUT2D eigenvalue weighted by molar-refractivity contribution is 9.10. The molecule has 0 unspecified atom stereocenters. The minimum absolute atomic E-state index is 0.0698. The fourth-order valence-corrected chi connectivity index (χ4v) is 2.94. The number of imidazole rings is 1. The van der Waals surface area contributed by atoms with Crippen LogP contribution >= 0.6 is 15.9 Å². The largest absolute Gasteiger partial charge is 0.350 e. The highest BCUT2D eigenvalue weighted by Gasteiger charge is 2.05. The van der Waals surface area contributed by atoms with Gasteiger partial charge in [0.1, 0.15) is 5.65 Å². The third kappa shape index (κ3) is 4.45. The van der Waals surface area contributed by atoms with Crippen LogP contribution in [-0.4, -0.2) is 15.3 Å². The third-order valence-electron chi connectivity index (χ3n) is 3.92. The van der Waals surface area contributed by atoms with Gasteiger partial charge in [-0.2, -0.15) is 0 Å². The number of halogens is 1. The van der Waals surface area contributed by atoms with E-state index in [2.05, 4.69) is 57.4 Å². The van der Waals surface area contributed by atoms with Crippen molar-refractivity contribution < 1.29 is 4.79 Å². The first-order valence-corrected chi connectivity index (χ1v) is 8.85. The molecular weight excluding hydrogens is 366 g/mol. The van der Waals surface area contributed by atoms with E-state index in [0.717, 1.165) is 28.7 Å². The summed E-state index contributed by atoms with van der Waals surface area (Å²) in [6.07, 6.45) is 6.21. The van der Waals surface area contributed by atoms with Crippen molar-refractivity contribution >= 4 is 27.5 Å². The molecule has 0 saturated carbocycles. The van der Waals surface area contributed by atoms with Gasteiger partial charge in [-0.05, 0) is 53.4 Å². The fraction of sp³-hybridized carbons (Fsp3) is 0.263. The molecule has 0 fully saturated rings. The van der Waals surface area contributed by atoms with Gasteiger partial charge in [-0.3, -0.25) is 4.79 Å². The van der Waals surface area contributed by atoms with E-state index in [1.807, 2.05) is 28.9 Å². The smallest absolute Gasteiger partial charge is 0.220 e. The molecule has 2 aromatic heterocycles. The Morgan fingerprint density at radius 1 is 1.17 bits per heavy atom. The van der Waals surface area contributed by atoms with Gasteiger partial charge in [-0.1, -0.05) is 29.8 Å². The molecule has 0 aliphatic rings. The standard InChI is InChI=1S/C19H20BrN3O/c1-14-5-7-15(8-6-14)3-2-4-19(24)21-11-17-13-23-12-16(20)9-10-18(23)22-17/h5-10,12-13H,2-4,11H2,1H3,(H,21,24). The molecule has 1 aromatic carbocycles. The van der Waals surface area contributed by atoms with Crippen molar-refractivity contribution in [3.8, 4) is 0 Å². The normalized spacial score (nSPS) is 10.9. The Hall–Kier alpha value is -2.14. The first-order chi connectivity index (χ1) is 11.6. The number of aromatic nitrogens is 2. The highest BCUT2D eigenvalue weighted by Crippen LogP contribution is 2.12. The van der Waals surface area contributed by atoms with E-state index >= 15 is 0 Å². The van der Waals surface area contributed by atoms with Crippen LogP contribution in [0.25, 0.3) is 5.65 Å². The summed E-state index contributed by atoms with van der Waals surface area (Å²) < 4.78 is 2.95. The van der Waals surface area contributed by atoms with Gasteiger partial charge in [0.15, 0.2) is 0 Å². The lowest BCUT2D eigenvalue weighted by Gasteiger charge is -2.04. The lowest BCUT2D eigenvalue weighted by atomic mass is 10.1. The van der Waals surface area contributed by atoms with E-state index in [0.29, 0.717) is 13.0 Å². The zero-order valence-corrected chi connectivity index (χ0v) is 15.2. The molecule has 0 bridgehead atoms. The lowest BCUT2D eigenvalue weighted by molar-refractivity contribution is -0.121. The summed E-state index contributed by atoms with van der Waals surface area (Å²) in [6, 6.07) is 12.4. The summed E-state index contributed by atoms with van der Waals surface area (Å²) in [7, 11) is 0. The number of fused-ring (bicyclic) bond motifs is 1. The Balaban J connectivity index is 1.45. The molecule has 0 aliphatic carbocycles. The number of hydrogen-bond donors (Lipinski definition) is 1. The maximum atomic E-state index is 12.0. The van der Waals surface area contributed by atoms with E-state index in [1.165, 1.54) is 11.1 Å². The van der Waals surface area contributed by atoms with Crippen LogP contribution < -0.4 is 5.32 Å². The second-order valence-corrected chi connectivity index (χ2v) is 6.88. The van der Waals surface area contributed by atoms with Gasteiger partial charge in [-0.25, -0.2) is 4.98 Å². The second-order valence-electron chi connectivity index (χ2n) is 5.96. The van der Waals surface area contributed by atoms with E-state index in [1.54, 1.807) is 0 Å². The molecule has 0 radical (unpaired) electrons. The molecule has 0 saturated heterocycles. The molecule has 3 aromatic rings. The summed E-state index contributed by atoms with van der Waals surface area (Å²) in [6.45, 7) is 2.54. The molecule has 24 heavy (non-hydrogen) atoms. The zero-order valence-electron chi connectivity index (χ0n) is 13.6. The Morgan fingerprint density at radius 3 is 2.75 bits per heavy atom. The predicted octanol–water partition coefficient (Wildman–Crippen LogP) is 4.04. The van der Waals surface area contributed by atoms with Crippen molar-refractivity contribution in [2.45, 2.75) is 32.7 Å². The molecule has 0 aliphatic heterocycles. The van der Waals surface area contributed by atoms with Crippen molar-refractivity contribution in [1.29, 1.82) is 0 Å².